The van der Waals surface area contributed by atoms with Gasteiger partial charge in [-0.1, -0.05) is 13.0 Å². The van der Waals surface area contributed by atoms with Gasteiger partial charge in [0.2, 0.25) is 0 Å². The van der Waals surface area contributed by atoms with E-state index >= 15 is 0 Å². The fourth-order valence-corrected chi connectivity index (χ4v) is 1.79. The number of nitrogens with one attached hydrogen (secondary N) is 2. The molecule has 0 aliphatic rings. The first-order valence-electron chi connectivity index (χ1n) is 4.56. The Labute approximate surface area is 86.4 Å². The topological polar surface area (TPSA) is 53.6 Å². The average molecular weight is 208 g/mol. The van der Waals surface area contributed by atoms with E-state index in [2.05, 4.69) is 27.4 Å². The monoisotopic (exact) mass is 208 g/mol. The summed E-state index contributed by atoms with van der Waals surface area (Å²) in [6.07, 6.45) is 0. The number of aromatic amines is 1. The maximum absolute atomic E-state index is 4.37. The standard InChI is InChI=1S/C9H12N4S/c1-2-10-6-8-11-9(13-12-8)7-4-3-5-14-7/h3-5,10H,2,6H2,1H3,(H,11,12,13). The average Bonchev–Trinajstić information content (AvgIpc) is 2.85. The summed E-state index contributed by atoms with van der Waals surface area (Å²) >= 11 is 1.65. The van der Waals surface area contributed by atoms with E-state index in [1.165, 1.54) is 0 Å². The van der Waals surface area contributed by atoms with Gasteiger partial charge in [-0.2, -0.15) is 5.10 Å². The van der Waals surface area contributed by atoms with Crippen molar-refractivity contribution in [2.45, 2.75) is 13.5 Å². The van der Waals surface area contributed by atoms with Crippen molar-refractivity contribution in [2.75, 3.05) is 6.54 Å². The van der Waals surface area contributed by atoms with Crippen molar-refractivity contribution in [3.63, 3.8) is 0 Å². The third-order valence-corrected chi connectivity index (χ3v) is 2.68. The summed E-state index contributed by atoms with van der Waals surface area (Å²) < 4.78 is 0. The number of thiophene rings is 1. The van der Waals surface area contributed by atoms with Crippen LogP contribution in [0, 0.1) is 0 Å². The van der Waals surface area contributed by atoms with Crippen LogP contribution in [0.2, 0.25) is 0 Å². The summed E-state index contributed by atoms with van der Waals surface area (Å²) in [5.41, 5.74) is 0. The third kappa shape index (κ3) is 2.00. The van der Waals surface area contributed by atoms with Crippen molar-refractivity contribution in [1.82, 2.24) is 20.5 Å². The smallest absolute Gasteiger partial charge is 0.191 e. The lowest BCUT2D eigenvalue weighted by Crippen LogP contribution is -2.12. The van der Waals surface area contributed by atoms with Crippen LogP contribution in [-0.4, -0.2) is 21.7 Å². The number of hydrogen-bond donors (Lipinski definition) is 2. The Kier molecular flexibility index (Phi) is 2.90. The predicted octanol–water partition coefficient (Wildman–Crippen LogP) is 1.64. The summed E-state index contributed by atoms with van der Waals surface area (Å²) in [4.78, 5) is 5.47. The number of H-pyrrole nitrogens is 1. The summed E-state index contributed by atoms with van der Waals surface area (Å²) in [5, 5.41) is 12.3. The van der Waals surface area contributed by atoms with E-state index in [1.54, 1.807) is 11.3 Å². The molecular formula is C9H12N4S. The largest absolute Gasteiger partial charge is 0.310 e. The van der Waals surface area contributed by atoms with E-state index in [1.807, 2.05) is 17.5 Å². The van der Waals surface area contributed by atoms with Crippen LogP contribution in [0.4, 0.5) is 0 Å². The van der Waals surface area contributed by atoms with Gasteiger partial charge in [0.15, 0.2) is 5.82 Å². The second-order valence-corrected chi connectivity index (χ2v) is 3.81. The molecule has 0 saturated carbocycles. The Balaban J connectivity index is 2.10. The molecule has 0 amide bonds. The number of hydrogen-bond acceptors (Lipinski definition) is 4. The van der Waals surface area contributed by atoms with E-state index in [0.29, 0.717) is 0 Å². The van der Waals surface area contributed by atoms with Crippen LogP contribution in [0.3, 0.4) is 0 Å². The Hall–Kier alpha value is -1.20. The first-order valence-corrected chi connectivity index (χ1v) is 5.44. The van der Waals surface area contributed by atoms with Crippen LogP contribution in [-0.2, 0) is 6.54 Å². The maximum atomic E-state index is 4.37. The molecule has 2 aromatic rings. The molecule has 0 aliphatic heterocycles. The van der Waals surface area contributed by atoms with Crippen molar-refractivity contribution in [3.8, 4) is 10.7 Å². The molecule has 2 heterocycles. The lowest BCUT2D eigenvalue weighted by atomic mass is 10.4. The van der Waals surface area contributed by atoms with E-state index < -0.39 is 0 Å². The first-order chi connectivity index (χ1) is 6.90. The summed E-state index contributed by atoms with van der Waals surface area (Å²) in [5.74, 6) is 1.67. The minimum Gasteiger partial charge on any atom is -0.310 e. The molecule has 0 bridgehead atoms. The normalized spacial score (nSPS) is 10.6. The van der Waals surface area contributed by atoms with Crippen LogP contribution in [0.1, 0.15) is 12.7 Å². The Morgan fingerprint density at radius 2 is 2.50 bits per heavy atom. The molecule has 0 unspecified atom stereocenters. The minimum atomic E-state index is 0.745. The molecule has 14 heavy (non-hydrogen) atoms. The molecule has 0 aliphatic carbocycles. The number of nitrogens with zero attached hydrogens (tertiary/aromatic N) is 2. The van der Waals surface area contributed by atoms with Gasteiger partial charge in [0, 0.05) is 0 Å². The number of rotatable bonds is 4. The van der Waals surface area contributed by atoms with Gasteiger partial charge in [0.1, 0.15) is 5.82 Å². The lowest BCUT2D eigenvalue weighted by molar-refractivity contribution is 0.693. The third-order valence-electron chi connectivity index (χ3n) is 1.82. The van der Waals surface area contributed by atoms with E-state index in [-0.39, 0.29) is 0 Å². The van der Waals surface area contributed by atoms with Crippen molar-refractivity contribution in [2.24, 2.45) is 0 Å². The van der Waals surface area contributed by atoms with E-state index in [0.717, 1.165) is 29.6 Å². The van der Waals surface area contributed by atoms with Crippen molar-refractivity contribution >= 4 is 11.3 Å². The molecule has 0 saturated heterocycles. The van der Waals surface area contributed by atoms with E-state index in [4.69, 9.17) is 0 Å². The van der Waals surface area contributed by atoms with Crippen molar-refractivity contribution in [3.05, 3.63) is 23.3 Å². The van der Waals surface area contributed by atoms with Crippen LogP contribution in [0.25, 0.3) is 10.7 Å². The highest BCUT2D eigenvalue weighted by molar-refractivity contribution is 7.13. The fraction of sp³-hybridized carbons (Fsp3) is 0.333. The van der Waals surface area contributed by atoms with Crippen LogP contribution in [0.15, 0.2) is 17.5 Å². The molecule has 0 atom stereocenters. The van der Waals surface area contributed by atoms with Gasteiger partial charge < -0.3 is 5.32 Å². The Morgan fingerprint density at radius 1 is 1.57 bits per heavy atom. The molecule has 2 aromatic heterocycles. The Bertz CT molecular complexity index is 379. The highest BCUT2D eigenvalue weighted by Gasteiger charge is 2.05. The highest BCUT2D eigenvalue weighted by Crippen LogP contribution is 2.20. The van der Waals surface area contributed by atoms with Crippen LogP contribution in [0.5, 0.6) is 0 Å². The second kappa shape index (κ2) is 4.34. The van der Waals surface area contributed by atoms with Crippen LogP contribution < -0.4 is 5.32 Å². The van der Waals surface area contributed by atoms with Gasteiger partial charge in [-0.3, -0.25) is 5.10 Å². The van der Waals surface area contributed by atoms with Gasteiger partial charge in [-0.25, -0.2) is 4.98 Å². The summed E-state index contributed by atoms with van der Waals surface area (Å²) in [6.45, 7) is 3.75. The molecule has 0 aromatic carbocycles. The molecule has 4 nitrogen and oxygen atoms in total. The molecule has 2 rings (SSSR count). The summed E-state index contributed by atoms with van der Waals surface area (Å²) in [7, 11) is 0. The van der Waals surface area contributed by atoms with Crippen molar-refractivity contribution in [1.29, 1.82) is 0 Å². The van der Waals surface area contributed by atoms with Gasteiger partial charge in [0.05, 0.1) is 11.4 Å². The molecule has 0 spiro atoms. The zero-order valence-corrected chi connectivity index (χ0v) is 8.77. The highest BCUT2D eigenvalue weighted by atomic mass is 32.1. The SMILES string of the molecule is CCNCc1nc(-c2cccs2)n[nH]1. The molecular weight excluding hydrogens is 196 g/mol. The molecule has 2 N–H and O–H groups in total. The quantitative estimate of drug-likeness (QED) is 0.803. The fourth-order valence-electron chi connectivity index (χ4n) is 1.13. The second-order valence-electron chi connectivity index (χ2n) is 2.86. The predicted molar refractivity (Wildman–Crippen MR) is 57.1 cm³/mol. The maximum Gasteiger partial charge on any atom is 0.191 e. The first kappa shape index (κ1) is 9.36. The van der Waals surface area contributed by atoms with Gasteiger partial charge in [-0.05, 0) is 18.0 Å². The summed E-state index contributed by atoms with van der Waals surface area (Å²) in [6, 6.07) is 4.02. The Morgan fingerprint density at radius 3 is 3.21 bits per heavy atom. The van der Waals surface area contributed by atoms with Gasteiger partial charge in [-0.15, -0.1) is 11.3 Å². The number of aromatic nitrogens is 3. The molecule has 74 valence electrons. The van der Waals surface area contributed by atoms with Crippen molar-refractivity contribution < 1.29 is 0 Å². The zero-order valence-electron chi connectivity index (χ0n) is 7.95. The van der Waals surface area contributed by atoms with Crippen LogP contribution >= 0.6 is 11.3 Å². The molecule has 5 heteroatoms. The molecule has 0 fully saturated rings. The molecule has 0 radical (unpaired) electrons. The van der Waals surface area contributed by atoms with Gasteiger partial charge in [0.25, 0.3) is 0 Å². The van der Waals surface area contributed by atoms with Gasteiger partial charge >= 0.3 is 0 Å². The minimum absolute atomic E-state index is 0.745. The zero-order chi connectivity index (χ0) is 9.80. The van der Waals surface area contributed by atoms with E-state index in [9.17, 15) is 0 Å². The lowest BCUT2D eigenvalue weighted by Gasteiger charge is -1.94.